The fourth-order valence-corrected chi connectivity index (χ4v) is 1.73. The average Bonchev–Trinajstić information content (AvgIpc) is 2.05. The van der Waals surface area contributed by atoms with Gasteiger partial charge in [-0.2, -0.15) is 0 Å². The molecule has 1 aliphatic rings. The van der Waals surface area contributed by atoms with Crippen molar-refractivity contribution in [2.24, 2.45) is 5.92 Å². The highest BCUT2D eigenvalue weighted by molar-refractivity contribution is 4.85. The van der Waals surface area contributed by atoms with Crippen LogP contribution in [-0.2, 0) is 9.47 Å². The standard InChI is InChI=1S/C9H18O2/c1-8(2)9(10-3)4-6-11-7-5-9/h8H,4-7H2,1-3H3. The van der Waals surface area contributed by atoms with Crippen molar-refractivity contribution in [2.75, 3.05) is 20.3 Å². The molecule has 11 heavy (non-hydrogen) atoms. The molecule has 0 spiro atoms. The zero-order valence-electron chi connectivity index (χ0n) is 7.72. The Bertz CT molecular complexity index is 115. The van der Waals surface area contributed by atoms with Crippen molar-refractivity contribution < 1.29 is 9.47 Å². The van der Waals surface area contributed by atoms with Gasteiger partial charge < -0.3 is 9.47 Å². The van der Waals surface area contributed by atoms with Gasteiger partial charge in [0.15, 0.2) is 0 Å². The highest BCUT2D eigenvalue weighted by atomic mass is 16.5. The fraction of sp³-hybridized carbons (Fsp3) is 1.00. The molecule has 2 nitrogen and oxygen atoms in total. The van der Waals surface area contributed by atoms with Gasteiger partial charge in [-0.15, -0.1) is 0 Å². The Labute approximate surface area is 68.9 Å². The number of hydrogen-bond donors (Lipinski definition) is 0. The van der Waals surface area contributed by atoms with Crippen LogP contribution in [0.25, 0.3) is 0 Å². The topological polar surface area (TPSA) is 18.5 Å². The Balaban J connectivity index is 2.57. The van der Waals surface area contributed by atoms with E-state index >= 15 is 0 Å². The predicted molar refractivity (Wildman–Crippen MR) is 44.6 cm³/mol. The number of methoxy groups -OCH3 is 1. The van der Waals surface area contributed by atoms with Crippen molar-refractivity contribution in [1.82, 2.24) is 0 Å². The maximum Gasteiger partial charge on any atom is 0.0745 e. The third kappa shape index (κ3) is 1.74. The maximum absolute atomic E-state index is 5.56. The van der Waals surface area contributed by atoms with Crippen molar-refractivity contribution in [2.45, 2.75) is 32.3 Å². The van der Waals surface area contributed by atoms with Gasteiger partial charge in [0.1, 0.15) is 0 Å². The summed E-state index contributed by atoms with van der Waals surface area (Å²) in [4.78, 5) is 0. The Kier molecular flexibility index (Phi) is 2.90. The number of rotatable bonds is 2. The van der Waals surface area contributed by atoms with Gasteiger partial charge in [-0.05, 0) is 5.92 Å². The lowest BCUT2D eigenvalue weighted by atomic mass is 9.83. The summed E-state index contributed by atoms with van der Waals surface area (Å²) >= 11 is 0. The molecule has 1 heterocycles. The first kappa shape index (κ1) is 9.01. The second-order valence-corrected chi connectivity index (χ2v) is 3.54. The number of ether oxygens (including phenoxy) is 2. The van der Waals surface area contributed by atoms with E-state index in [2.05, 4.69) is 13.8 Å². The molecule has 0 unspecified atom stereocenters. The van der Waals surface area contributed by atoms with E-state index in [1.165, 1.54) is 0 Å². The van der Waals surface area contributed by atoms with Gasteiger partial charge in [-0.1, -0.05) is 13.8 Å². The molecule has 0 aromatic rings. The smallest absolute Gasteiger partial charge is 0.0745 e. The molecule has 0 aromatic heterocycles. The summed E-state index contributed by atoms with van der Waals surface area (Å²) in [5.41, 5.74) is 0.0955. The van der Waals surface area contributed by atoms with Gasteiger partial charge in [0.05, 0.1) is 5.60 Å². The van der Waals surface area contributed by atoms with Crippen molar-refractivity contribution in [1.29, 1.82) is 0 Å². The molecule has 2 heteroatoms. The van der Waals surface area contributed by atoms with Crippen LogP contribution in [0.3, 0.4) is 0 Å². The Morgan fingerprint density at radius 2 is 1.82 bits per heavy atom. The predicted octanol–water partition coefficient (Wildman–Crippen LogP) is 1.84. The molecule has 0 bridgehead atoms. The third-order valence-electron chi connectivity index (χ3n) is 2.80. The van der Waals surface area contributed by atoms with Crippen LogP contribution in [0, 0.1) is 5.92 Å². The summed E-state index contributed by atoms with van der Waals surface area (Å²) in [6.07, 6.45) is 2.09. The minimum atomic E-state index is 0.0955. The molecular formula is C9H18O2. The van der Waals surface area contributed by atoms with Crippen LogP contribution in [-0.4, -0.2) is 25.9 Å². The fourth-order valence-electron chi connectivity index (χ4n) is 1.73. The van der Waals surface area contributed by atoms with E-state index in [-0.39, 0.29) is 5.60 Å². The van der Waals surface area contributed by atoms with E-state index in [1.807, 2.05) is 7.11 Å². The second kappa shape index (κ2) is 3.55. The molecule has 0 radical (unpaired) electrons. The summed E-state index contributed by atoms with van der Waals surface area (Å²) in [6, 6.07) is 0. The quantitative estimate of drug-likeness (QED) is 0.610. The van der Waals surface area contributed by atoms with Crippen molar-refractivity contribution in [3.8, 4) is 0 Å². The van der Waals surface area contributed by atoms with Crippen LogP contribution in [0.2, 0.25) is 0 Å². The zero-order chi connectivity index (χ0) is 8.32. The molecule has 0 saturated carbocycles. The minimum absolute atomic E-state index is 0.0955. The van der Waals surface area contributed by atoms with E-state index in [1.54, 1.807) is 0 Å². The summed E-state index contributed by atoms with van der Waals surface area (Å²) in [5, 5.41) is 0. The van der Waals surface area contributed by atoms with Crippen LogP contribution in [0.4, 0.5) is 0 Å². The third-order valence-corrected chi connectivity index (χ3v) is 2.80. The molecule has 66 valence electrons. The van der Waals surface area contributed by atoms with Gasteiger partial charge >= 0.3 is 0 Å². The molecule has 0 aliphatic carbocycles. The molecule has 0 atom stereocenters. The van der Waals surface area contributed by atoms with Crippen LogP contribution in [0.5, 0.6) is 0 Å². The van der Waals surface area contributed by atoms with Gasteiger partial charge in [0.25, 0.3) is 0 Å². The molecule has 0 N–H and O–H groups in total. The summed E-state index contributed by atoms with van der Waals surface area (Å²) in [6.45, 7) is 6.14. The van der Waals surface area contributed by atoms with E-state index in [4.69, 9.17) is 9.47 Å². The summed E-state index contributed by atoms with van der Waals surface area (Å²) in [7, 11) is 1.81. The van der Waals surface area contributed by atoms with Gasteiger partial charge in [-0.25, -0.2) is 0 Å². The van der Waals surface area contributed by atoms with Crippen LogP contribution < -0.4 is 0 Å². The number of hydrogen-bond acceptors (Lipinski definition) is 2. The van der Waals surface area contributed by atoms with Crippen molar-refractivity contribution >= 4 is 0 Å². The normalized spacial score (nSPS) is 24.0. The molecule has 0 aromatic carbocycles. The summed E-state index contributed by atoms with van der Waals surface area (Å²) < 4.78 is 10.9. The molecule has 0 amide bonds. The van der Waals surface area contributed by atoms with Gasteiger partial charge in [0, 0.05) is 33.2 Å². The van der Waals surface area contributed by atoms with Crippen LogP contribution in [0.15, 0.2) is 0 Å². The second-order valence-electron chi connectivity index (χ2n) is 3.54. The van der Waals surface area contributed by atoms with E-state index < -0.39 is 0 Å². The van der Waals surface area contributed by atoms with E-state index in [0.29, 0.717) is 5.92 Å². The average molecular weight is 158 g/mol. The van der Waals surface area contributed by atoms with Crippen molar-refractivity contribution in [3.63, 3.8) is 0 Å². The molecular weight excluding hydrogens is 140 g/mol. The summed E-state index contributed by atoms with van der Waals surface area (Å²) in [5.74, 6) is 0.594. The maximum atomic E-state index is 5.56. The molecule has 1 saturated heterocycles. The highest BCUT2D eigenvalue weighted by Gasteiger charge is 2.35. The highest BCUT2D eigenvalue weighted by Crippen LogP contribution is 2.31. The Morgan fingerprint density at radius 1 is 1.27 bits per heavy atom. The lowest BCUT2D eigenvalue weighted by molar-refractivity contribution is -0.116. The van der Waals surface area contributed by atoms with E-state index in [9.17, 15) is 0 Å². The van der Waals surface area contributed by atoms with Gasteiger partial charge in [-0.3, -0.25) is 0 Å². The largest absolute Gasteiger partial charge is 0.381 e. The Morgan fingerprint density at radius 3 is 2.09 bits per heavy atom. The lowest BCUT2D eigenvalue weighted by Crippen LogP contribution is -2.42. The first-order valence-corrected chi connectivity index (χ1v) is 4.34. The van der Waals surface area contributed by atoms with E-state index in [0.717, 1.165) is 26.1 Å². The first-order chi connectivity index (χ1) is 5.21. The van der Waals surface area contributed by atoms with Crippen molar-refractivity contribution in [3.05, 3.63) is 0 Å². The van der Waals surface area contributed by atoms with Crippen LogP contribution >= 0.6 is 0 Å². The SMILES string of the molecule is COC1(C(C)C)CCOCC1. The molecule has 1 aliphatic heterocycles. The molecule has 1 fully saturated rings. The van der Waals surface area contributed by atoms with Gasteiger partial charge in [0.2, 0.25) is 0 Å². The zero-order valence-corrected chi connectivity index (χ0v) is 7.72. The van der Waals surface area contributed by atoms with Crippen LogP contribution in [0.1, 0.15) is 26.7 Å². The first-order valence-electron chi connectivity index (χ1n) is 4.34. The minimum Gasteiger partial charge on any atom is -0.381 e. The Hall–Kier alpha value is -0.0800. The lowest BCUT2D eigenvalue weighted by Gasteiger charge is -2.39. The monoisotopic (exact) mass is 158 g/mol. The molecule has 1 rings (SSSR count).